The van der Waals surface area contributed by atoms with Gasteiger partial charge in [-0.2, -0.15) is 5.10 Å². The predicted octanol–water partition coefficient (Wildman–Crippen LogP) is 3.25. The third kappa shape index (κ3) is 5.91. The van der Waals surface area contributed by atoms with Crippen molar-refractivity contribution in [1.29, 1.82) is 0 Å². The molecule has 31 heavy (non-hydrogen) atoms. The van der Waals surface area contributed by atoms with Gasteiger partial charge < -0.3 is 16.0 Å². The molecular weight excluding hydrogens is 397 g/mol. The molecule has 3 N–H and O–H groups in total. The summed E-state index contributed by atoms with van der Waals surface area (Å²) in [6, 6.07) is 14.9. The van der Waals surface area contributed by atoms with Crippen LogP contribution in [-0.4, -0.2) is 34.8 Å². The SMILES string of the molecule is Cc1nn(-c2ccccc2)c(C)c1CNC(=O)NCCCNC(=O)c1ccc(F)cc1. The summed E-state index contributed by atoms with van der Waals surface area (Å²) in [5.41, 5.74) is 4.19. The molecule has 162 valence electrons. The smallest absolute Gasteiger partial charge is 0.315 e. The standard InChI is InChI=1S/C23H26FN5O2/c1-16-21(17(2)29(28-16)20-7-4-3-5-8-20)15-27-23(31)26-14-6-13-25-22(30)18-9-11-19(24)12-10-18/h3-5,7-12H,6,13-15H2,1-2H3,(H,25,30)(H2,26,27,31). The van der Waals surface area contributed by atoms with Crippen LogP contribution < -0.4 is 16.0 Å². The van der Waals surface area contributed by atoms with Gasteiger partial charge in [-0.15, -0.1) is 0 Å². The molecule has 8 heteroatoms. The van der Waals surface area contributed by atoms with E-state index in [4.69, 9.17) is 0 Å². The first-order valence-corrected chi connectivity index (χ1v) is 10.1. The molecule has 0 radical (unpaired) electrons. The largest absolute Gasteiger partial charge is 0.352 e. The summed E-state index contributed by atoms with van der Waals surface area (Å²) in [6.07, 6.45) is 0.574. The van der Waals surface area contributed by atoms with Crippen molar-refractivity contribution >= 4 is 11.9 Å². The molecule has 0 bridgehead atoms. The fourth-order valence-corrected chi connectivity index (χ4v) is 3.18. The van der Waals surface area contributed by atoms with Crippen LogP contribution in [0.4, 0.5) is 9.18 Å². The Kier molecular flexibility index (Phi) is 7.37. The second-order valence-corrected chi connectivity index (χ2v) is 7.12. The summed E-state index contributed by atoms with van der Waals surface area (Å²) < 4.78 is 14.8. The van der Waals surface area contributed by atoms with E-state index in [1.165, 1.54) is 24.3 Å². The summed E-state index contributed by atoms with van der Waals surface area (Å²) in [7, 11) is 0. The van der Waals surface area contributed by atoms with Crippen LogP contribution in [0.5, 0.6) is 0 Å². The molecule has 3 rings (SSSR count). The van der Waals surface area contributed by atoms with E-state index >= 15 is 0 Å². The number of para-hydroxylation sites is 1. The quantitative estimate of drug-likeness (QED) is 0.486. The van der Waals surface area contributed by atoms with Gasteiger partial charge in [-0.25, -0.2) is 13.9 Å². The number of rotatable bonds is 8. The van der Waals surface area contributed by atoms with Gasteiger partial charge in [0, 0.05) is 36.5 Å². The summed E-state index contributed by atoms with van der Waals surface area (Å²) in [5.74, 6) is -0.657. The maximum Gasteiger partial charge on any atom is 0.315 e. The molecule has 0 spiro atoms. The van der Waals surface area contributed by atoms with E-state index in [2.05, 4.69) is 21.0 Å². The minimum Gasteiger partial charge on any atom is -0.352 e. The average molecular weight is 423 g/mol. The van der Waals surface area contributed by atoms with Crippen LogP contribution in [0.2, 0.25) is 0 Å². The number of amides is 3. The molecule has 0 aliphatic carbocycles. The van der Waals surface area contributed by atoms with Gasteiger partial charge in [0.05, 0.1) is 11.4 Å². The Morgan fingerprint density at radius 3 is 2.32 bits per heavy atom. The third-order valence-corrected chi connectivity index (χ3v) is 4.90. The molecule has 1 heterocycles. The highest BCUT2D eigenvalue weighted by Crippen LogP contribution is 2.17. The van der Waals surface area contributed by atoms with E-state index in [1.54, 1.807) is 0 Å². The molecule has 3 amide bonds. The van der Waals surface area contributed by atoms with E-state index < -0.39 is 0 Å². The molecule has 1 aromatic heterocycles. The summed E-state index contributed by atoms with van der Waals surface area (Å²) in [6.45, 7) is 5.09. The fraction of sp³-hybridized carbons (Fsp3) is 0.261. The average Bonchev–Trinajstić information content (AvgIpc) is 3.06. The highest BCUT2D eigenvalue weighted by atomic mass is 19.1. The zero-order valence-corrected chi connectivity index (χ0v) is 17.6. The lowest BCUT2D eigenvalue weighted by Gasteiger charge is -2.09. The Morgan fingerprint density at radius 2 is 1.61 bits per heavy atom. The van der Waals surface area contributed by atoms with Crippen molar-refractivity contribution in [3.05, 3.63) is 82.9 Å². The van der Waals surface area contributed by atoms with Gasteiger partial charge in [0.1, 0.15) is 5.82 Å². The Labute approximate surface area is 180 Å². The molecule has 0 aliphatic rings. The predicted molar refractivity (Wildman–Crippen MR) is 117 cm³/mol. The van der Waals surface area contributed by atoms with Crippen LogP contribution in [0.25, 0.3) is 5.69 Å². The molecule has 0 fully saturated rings. The van der Waals surface area contributed by atoms with Gasteiger partial charge in [-0.05, 0) is 56.7 Å². The molecule has 2 aromatic carbocycles. The highest BCUT2D eigenvalue weighted by molar-refractivity contribution is 5.94. The number of nitrogens with zero attached hydrogens (tertiary/aromatic N) is 2. The monoisotopic (exact) mass is 423 g/mol. The first-order valence-electron chi connectivity index (χ1n) is 10.1. The lowest BCUT2D eigenvalue weighted by Crippen LogP contribution is -2.37. The maximum atomic E-state index is 12.9. The number of aromatic nitrogens is 2. The van der Waals surface area contributed by atoms with Crippen LogP contribution in [0.15, 0.2) is 54.6 Å². The Bertz CT molecular complexity index is 1030. The zero-order valence-electron chi connectivity index (χ0n) is 17.6. The van der Waals surface area contributed by atoms with E-state index in [9.17, 15) is 14.0 Å². The van der Waals surface area contributed by atoms with Crippen LogP contribution in [0.3, 0.4) is 0 Å². The van der Waals surface area contributed by atoms with Crippen LogP contribution in [0, 0.1) is 19.7 Å². The molecule has 3 aromatic rings. The second kappa shape index (κ2) is 10.4. The molecule has 0 unspecified atom stereocenters. The van der Waals surface area contributed by atoms with Crippen molar-refractivity contribution in [2.24, 2.45) is 0 Å². The zero-order chi connectivity index (χ0) is 22.2. The Balaban J connectivity index is 1.39. The summed E-state index contributed by atoms with van der Waals surface area (Å²) in [4.78, 5) is 24.0. The first-order chi connectivity index (χ1) is 15.0. The molecule has 7 nitrogen and oxygen atoms in total. The van der Waals surface area contributed by atoms with Crippen molar-refractivity contribution in [2.45, 2.75) is 26.8 Å². The van der Waals surface area contributed by atoms with Gasteiger partial charge >= 0.3 is 6.03 Å². The number of carbonyl (C=O) groups is 2. The number of hydrogen-bond acceptors (Lipinski definition) is 3. The number of urea groups is 1. The highest BCUT2D eigenvalue weighted by Gasteiger charge is 2.13. The molecule has 0 aliphatic heterocycles. The minimum atomic E-state index is -0.385. The topological polar surface area (TPSA) is 88.1 Å². The van der Waals surface area contributed by atoms with Crippen molar-refractivity contribution in [1.82, 2.24) is 25.7 Å². The number of aryl methyl sites for hydroxylation is 1. The molecule has 0 saturated heterocycles. The fourth-order valence-electron chi connectivity index (χ4n) is 3.18. The minimum absolute atomic E-state index is 0.272. The number of carbonyl (C=O) groups excluding carboxylic acids is 2. The second-order valence-electron chi connectivity index (χ2n) is 7.12. The first kappa shape index (κ1) is 22.0. The van der Waals surface area contributed by atoms with Crippen LogP contribution in [0.1, 0.15) is 33.7 Å². The van der Waals surface area contributed by atoms with E-state index in [1.807, 2.05) is 48.9 Å². The lowest BCUT2D eigenvalue weighted by atomic mass is 10.2. The Morgan fingerprint density at radius 1 is 0.935 bits per heavy atom. The van der Waals surface area contributed by atoms with Gasteiger partial charge in [-0.1, -0.05) is 18.2 Å². The molecule has 0 saturated carbocycles. The number of benzene rings is 2. The van der Waals surface area contributed by atoms with Crippen molar-refractivity contribution in [3.63, 3.8) is 0 Å². The molecular formula is C23H26FN5O2. The maximum absolute atomic E-state index is 12.9. The normalized spacial score (nSPS) is 10.5. The number of hydrogen-bond donors (Lipinski definition) is 3. The Hall–Kier alpha value is -3.68. The number of nitrogens with one attached hydrogen (secondary N) is 3. The van der Waals surface area contributed by atoms with Gasteiger partial charge in [-0.3, -0.25) is 4.79 Å². The van der Waals surface area contributed by atoms with Crippen molar-refractivity contribution in [3.8, 4) is 5.69 Å². The summed E-state index contributed by atoms with van der Waals surface area (Å²) in [5, 5.41) is 12.9. The van der Waals surface area contributed by atoms with Crippen molar-refractivity contribution < 1.29 is 14.0 Å². The number of halogens is 1. The van der Waals surface area contributed by atoms with Crippen LogP contribution in [-0.2, 0) is 6.54 Å². The van der Waals surface area contributed by atoms with E-state index in [-0.39, 0.29) is 17.8 Å². The molecule has 0 atom stereocenters. The summed E-state index contributed by atoms with van der Waals surface area (Å²) >= 11 is 0. The van der Waals surface area contributed by atoms with Gasteiger partial charge in [0.15, 0.2) is 0 Å². The third-order valence-electron chi connectivity index (χ3n) is 4.90. The van der Waals surface area contributed by atoms with Crippen LogP contribution >= 0.6 is 0 Å². The van der Waals surface area contributed by atoms with Gasteiger partial charge in [0.2, 0.25) is 0 Å². The van der Waals surface area contributed by atoms with E-state index in [0.717, 1.165) is 22.6 Å². The lowest BCUT2D eigenvalue weighted by molar-refractivity contribution is 0.0953. The van der Waals surface area contributed by atoms with Gasteiger partial charge in [0.25, 0.3) is 5.91 Å². The van der Waals surface area contributed by atoms with Crippen molar-refractivity contribution in [2.75, 3.05) is 13.1 Å². The van der Waals surface area contributed by atoms with E-state index in [0.29, 0.717) is 31.6 Å².